The van der Waals surface area contributed by atoms with Gasteiger partial charge in [-0.1, -0.05) is 12.1 Å². The number of benzene rings is 1. The van der Waals surface area contributed by atoms with Crippen LogP contribution in [0.2, 0.25) is 0 Å². The van der Waals surface area contributed by atoms with E-state index in [9.17, 15) is 4.79 Å². The Hall–Kier alpha value is -1.81. The average molecular weight is 288 g/mol. The Kier molecular flexibility index (Phi) is 5.18. The molecule has 0 aliphatic heterocycles. The number of amides is 1. The van der Waals surface area contributed by atoms with Crippen molar-refractivity contribution in [3.63, 3.8) is 0 Å². The standard InChI is InChI=1S/C16H20N2OS/c1-12(2)18-16(19)9-13-3-5-15(6-4-13)17-10-14-7-8-20-11-14/h3-8,11-12,17H,9-10H2,1-2H3,(H,18,19). The van der Waals surface area contributed by atoms with Gasteiger partial charge in [0.1, 0.15) is 0 Å². The van der Waals surface area contributed by atoms with E-state index in [-0.39, 0.29) is 11.9 Å². The highest BCUT2D eigenvalue weighted by atomic mass is 32.1. The molecule has 0 saturated carbocycles. The van der Waals surface area contributed by atoms with Gasteiger partial charge in [-0.3, -0.25) is 4.79 Å². The summed E-state index contributed by atoms with van der Waals surface area (Å²) in [6, 6.07) is 10.3. The average Bonchev–Trinajstić information content (AvgIpc) is 2.90. The summed E-state index contributed by atoms with van der Waals surface area (Å²) in [6.07, 6.45) is 0.434. The largest absolute Gasteiger partial charge is 0.381 e. The first-order valence-electron chi connectivity index (χ1n) is 6.77. The SMILES string of the molecule is CC(C)NC(=O)Cc1ccc(NCc2ccsc2)cc1. The number of carbonyl (C=O) groups is 1. The number of hydrogen-bond acceptors (Lipinski definition) is 3. The lowest BCUT2D eigenvalue weighted by molar-refractivity contribution is -0.120. The summed E-state index contributed by atoms with van der Waals surface area (Å²) < 4.78 is 0. The highest BCUT2D eigenvalue weighted by Crippen LogP contribution is 2.13. The van der Waals surface area contributed by atoms with E-state index >= 15 is 0 Å². The first-order chi connectivity index (χ1) is 9.63. The smallest absolute Gasteiger partial charge is 0.224 e. The Morgan fingerprint density at radius 3 is 2.50 bits per heavy atom. The monoisotopic (exact) mass is 288 g/mol. The van der Waals surface area contributed by atoms with Crippen molar-refractivity contribution in [3.8, 4) is 0 Å². The highest BCUT2D eigenvalue weighted by molar-refractivity contribution is 7.07. The molecule has 0 aliphatic rings. The van der Waals surface area contributed by atoms with E-state index in [1.165, 1.54) is 5.56 Å². The fourth-order valence-corrected chi connectivity index (χ4v) is 2.56. The van der Waals surface area contributed by atoms with Gasteiger partial charge in [-0.2, -0.15) is 11.3 Å². The maximum atomic E-state index is 11.7. The molecule has 4 heteroatoms. The molecule has 2 aromatic rings. The van der Waals surface area contributed by atoms with Crippen LogP contribution >= 0.6 is 11.3 Å². The van der Waals surface area contributed by atoms with Gasteiger partial charge in [-0.05, 0) is 53.9 Å². The van der Waals surface area contributed by atoms with Crippen LogP contribution in [0.25, 0.3) is 0 Å². The summed E-state index contributed by atoms with van der Waals surface area (Å²) in [5.74, 6) is 0.0685. The highest BCUT2D eigenvalue weighted by Gasteiger charge is 2.04. The molecule has 0 bridgehead atoms. The summed E-state index contributed by atoms with van der Waals surface area (Å²) in [4.78, 5) is 11.7. The second-order valence-electron chi connectivity index (χ2n) is 5.08. The lowest BCUT2D eigenvalue weighted by atomic mass is 10.1. The Labute approximate surface area is 124 Å². The number of thiophene rings is 1. The minimum atomic E-state index is 0.0685. The first-order valence-corrected chi connectivity index (χ1v) is 7.71. The van der Waals surface area contributed by atoms with Crippen molar-refractivity contribution in [2.75, 3.05) is 5.32 Å². The molecule has 0 atom stereocenters. The van der Waals surface area contributed by atoms with Crippen molar-refractivity contribution < 1.29 is 4.79 Å². The molecular formula is C16H20N2OS. The van der Waals surface area contributed by atoms with E-state index in [2.05, 4.69) is 27.5 Å². The molecule has 0 saturated heterocycles. The quantitative estimate of drug-likeness (QED) is 0.855. The van der Waals surface area contributed by atoms with E-state index in [0.29, 0.717) is 6.42 Å². The van der Waals surface area contributed by atoms with E-state index in [1.54, 1.807) is 11.3 Å². The van der Waals surface area contributed by atoms with Gasteiger partial charge in [0, 0.05) is 18.3 Å². The topological polar surface area (TPSA) is 41.1 Å². The maximum Gasteiger partial charge on any atom is 0.224 e. The molecule has 1 amide bonds. The van der Waals surface area contributed by atoms with Gasteiger partial charge in [0.15, 0.2) is 0 Å². The van der Waals surface area contributed by atoms with E-state index < -0.39 is 0 Å². The van der Waals surface area contributed by atoms with Crippen LogP contribution in [0.5, 0.6) is 0 Å². The second kappa shape index (κ2) is 7.10. The second-order valence-corrected chi connectivity index (χ2v) is 5.86. The molecule has 20 heavy (non-hydrogen) atoms. The van der Waals surface area contributed by atoms with Crippen LogP contribution in [0.4, 0.5) is 5.69 Å². The van der Waals surface area contributed by atoms with Gasteiger partial charge in [-0.25, -0.2) is 0 Å². The number of hydrogen-bond donors (Lipinski definition) is 2. The third-order valence-corrected chi connectivity index (χ3v) is 3.58. The van der Waals surface area contributed by atoms with Crippen LogP contribution < -0.4 is 10.6 Å². The molecule has 0 unspecified atom stereocenters. The Balaban J connectivity index is 1.84. The molecule has 2 rings (SSSR count). The molecule has 1 aromatic carbocycles. The van der Waals surface area contributed by atoms with Gasteiger partial charge in [-0.15, -0.1) is 0 Å². The lowest BCUT2D eigenvalue weighted by Crippen LogP contribution is -2.31. The van der Waals surface area contributed by atoms with Crippen molar-refractivity contribution in [2.24, 2.45) is 0 Å². The fourth-order valence-electron chi connectivity index (χ4n) is 1.90. The van der Waals surface area contributed by atoms with Crippen molar-refractivity contribution in [1.29, 1.82) is 0 Å². The van der Waals surface area contributed by atoms with Crippen LogP contribution in [0.3, 0.4) is 0 Å². The van der Waals surface area contributed by atoms with Crippen LogP contribution in [-0.2, 0) is 17.8 Å². The van der Waals surface area contributed by atoms with Gasteiger partial charge >= 0.3 is 0 Å². The minimum absolute atomic E-state index is 0.0685. The molecule has 0 aliphatic carbocycles. The maximum absolute atomic E-state index is 11.7. The Bertz CT molecular complexity index is 532. The zero-order chi connectivity index (χ0) is 14.4. The predicted molar refractivity (Wildman–Crippen MR) is 85.1 cm³/mol. The summed E-state index contributed by atoms with van der Waals surface area (Å²) in [5.41, 5.74) is 3.39. The van der Waals surface area contributed by atoms with Crippen LogP contribution in [0.1, 0.15) is 25.0 Å². The minimum Gasteiger partial charge on any atom is -0.381 e. The molecule has 1 aromatic heterocycles. The van der Waals surface area contributed by atoms with Crippen LogP contribution in [0.15, 0.2) is 41.1 Å². The molecule has 106 valence electrons. The molecule has 2 N–H and O–H groups in total. The number of rotatable bonds is 6. The number of anilines is 1. The fraction of sp³-hybridized carbons (Fsp3) is 0.312. The van der Waals surface area contributed by atoms with Gasteiger partial charge in [0.25, 0.3) is 0 Å². The zero-order valence-corrected chi connectivity index (χ0v) is 12.7. The molecule has 0 spiro atoms. The summed E-state index contributed by atoms with van der Waals surface area (Å²) in [5, 5.41) is 10.5. The van der Waals surface area contributed by atoms with Crippen molar-refractivity contribution in [2.45, 2.75) is 32.9 Å². The normalized spacial score (nSPS) is 10.6. The third kappa shape index (κ3) is 4.70. The van der Waals surface area contributed by atoms with Crippen LogP contribution in [0, 0.1) is 0 Å². The van der Waals surface area contributed by atoms with Crippen LogP contribution in [-0.4, -0.2) is 11.9 Å². The lowest BCUT2D eigenvalue weighted by Gasteiger charge is -2.09. The van der Waals surface area contributed by atoms with E-state index in [4.69, 9.17) is 0 Å². The Morgan fingerprint density at radius 1 is 1.15 bits per heavy atom. The molecule has 1 heterocycles. The van der Waals surface area contributed by atoms with Crippen molar-refractivity contribution >= 4 is 22.9 Å². The van der Waals surface area contributed by atoms with Crippen molar-refractivity contribution in [3.05, 3.63) is 52.2 Å². The predicted octanol–water partition coefficient (Wildman–Crippen LogP) is 3.43. The van der Waals surface area contributed by atoms with Gasteiger partial charge < -0.3 is 10.6 Å². The van der Waals surface area contributed by atoms with E-state index in [1.807, 2.05) is 38.1 Å². The Morgan fingerprint density at radius 2 is 1.90 bits per heavy atom. The van der Waals surface area contributed by atoms with Gasteiger partial charge in [0.05, 0.1) is 6.42 Å². The van der Waals surface area contributed by atoms with E-state index in [0.717, 1.165) is 17.8 Å². The molecular weight excluding hydrogens is 268 g/mol. The first kappa shape index (κ1) is 14.6. The molecule has 0 fully saturated rings. The third-order valence-electron chi connectivity index (χ3n) is 2.85. The zero-order valence-electron chi connectivity index (χ0n) is 11.8. The van der Waals surface area contributed by atoms with Gasteiger partial charge in [0.2, 0.25) is 5.91 Å². The molecule has 3 nitrogen and oxygen atoms in total. The summed E-state index contributed by atoms with van der Waals surface area (Å²) >= 11 is 1.70. The number of carbonyl (C=O) groups excluding carboxylic acids is 1. The molecule has 0 radical (unpaired) electrons. The summed E-state index contributed by atoms with van der Waals surface area (Å²) in [7, 11) is 0. The van der Waals surface area contributed by atoms with Crippen molar-refractivity contribution in [1.82, 2.24) is 5.32 Å². The summed E-state index contributed by atoms with van der Waals surface area (Å²) in [6.45, 7) is 4.77. The number of nitrogens with one attached hydrogen (secondary N) is 2.